The summed E-state index contributed by atoms with van der Waals surface area (Å²) >= 11 is 2.25. The van der Waals surface area contributed by atoms with Crippen LogP contribution in [0.15, 0.2) is 48.5 Å². The number of nitrogens with zero attached hydrogens (tertiary/aromatic N) is 2. The van der Waals surface area contributed by atoms with Crippen LogP contribution in [0.5, 0.6) is 0 Å². The van der Waals surface area contributed by atoms with Gasteiger partial charge in [0.1, 0.15) is 17.3 Å². The van der Waals surface area contributed by atoms with Crippen LogP contribution in [0.3, 0.4) is 0 Å². The highest BCUT2D eigenvalue weighted by atomic mass is 127. The third-order valence-electron chi connectivity index (χ3n) is 3.32. The lowest BCUT2D eigenvalue weighted by Crippen LogP contribution is -1.98. The first kappa shape index (κ1) is 14.1. The van der Waals surface area contributed by atoms with Gasteiger partial charge in [0.2, 0.25) is 0 Å². The Kier molecular flexibility index (Phi) is 3.67. The minimum atomic E-state index is -0.288. The minimum Gasteiger partial charge on any atom is -0.383 e. The molecule has 0 atom stereocenters. The molecule has 0 aliphatic carbocycles. The number of aryl methyl sites for hydroxylation is 1. The standard InChI is InChI=1S/C16H13FIN3/c1-21-16(19)14(11-3-2-4-12(17)9-11)15(20-21)10-5-7-13(18)8-6-10/h2-9H,19H2,1H3. The van der Waals surface area contributed by atoms with Crippen LogP contribution >= 0.6 is 22.6 Å². The van der Waals surface area contributed by atoms with Gasteiger partial charge in [-0.15, -0.1) is 0 Å². The largest absolute Gasteiger partial charge is 0.383 e. The van der Waals surface area contributed by atoms with Crippen LogP contribution in [0.4, 0.5) is 10.2 Å². The van der Waals surface area contributed by atoms with Gasteiger partial charge in [-0.25, -0.2) is 4.39 Å². The zero-order chi connectivity index (χ0) is 15.0. The molecule has 1 heterocycles. The zero-order valence-corrected chi connectivity index (χ0v) is 13.5. The normalized spacial score (nSPS) is 10.8. The molecule has 0 saturated heterocycles. The van der Waals surface area contributed by atoms with Gasteiger partial charge in [-0.2, -0.15) is 5.10 Å². The molecule has 1 aromatic heterocycles. The van der Waals surface area contributed by atoms with E-state index in [0.29, 0.717) is 5.82 Å². The maximum atomic E-state index is 13.5. The van der Waals surface area contributed by atoms with Crippen LogP contribution in [-0.4, -0.2) is 9.78 Å². The highest BCUT2D eigenvalue weighted by Crippen LogP contribution is 2.36. The summed E-state index contributed by atoms with van der Waals surface area (Å²) in [5.41, 5.74) is 9.34. The Labute approximate surface area is 135 Å². The van der Waals surface area contributed by atoms with Gasteiger partial charge in [0, 0.05) is 16.2 Å². The Hall–Kier alpha value is -1.89. The quantitative estimate of drug-likeness (QED) is 0.667. The molecule has 0 amide bonds. The summed E-state index contributed by atoms with van der Waals surface area (Å²) in [5, 5.41) is 4.48. The molecule has 5 heteroatoms. The third kappa shape index (κ3) is 2.65. The van der Waals surface area contributed by atoms with Gasteiger partial charge in [0.25, 0.3) is 0 Å². The van der Waals surface area contributed by atoms with Gasteiger partial charge in [0.05, 0.1) is 5.56 Å². The van der Waals surface area contributed by atoms with Crippen molar-refractivity contribution in [1.82, 2.24) is 9.78 Å². The van der Waals surface area contributed by atoms with Gasteiger partial charge in [0.15, 0.2) is 0 Å². The first-order chi connectivity index (χ1) is 10.1. The fourth-order valence-electron chi connectivity index (χ4n) is 2.28. The monoisotopic (exact) mass is 393 g/mol. The predicted molar refractivity (Wildman–Crippen MR) is 91.2 cm³/mol. The van der Waals surface area contributed by atoms with E-state index in [2.05, 4.69) is 27.7 Å². The molecule has 21 heavy (non-hydrogen) atoms. The molecule has 2 aromatic carbocycles. The first-order valence-corrected chi connectivity index (χ1v) is 7.48. The molecule has 0 bridgehead atoms. The third-order valence-corrected chi connectivity index (χ3v) is 4.04. The summed E-state index contributed by atoms with van der Waals surface area (Å²) in [6, 6.07) is 14.4. The highest BCUT2D eigenvalue weighted by Gasteiger charge is 2.17. The van der Waals surface area contributed by atoms with Crippen LogP contribution in [0.25, 0.3) is 22.4 Å². The van der Waals surface area contributed by atoms with Crippen molar-refractivity contribution in [2.75, 3.05) is 5.73 Å². The van der Waals surface area contributed by atoms with Crippen molar-refractivity contribution in [2.24, 2.45) is 7.05 Å². The van der Waals surface area contributed by atoms with E-state index < -0.39 is 0 Å². The Morgan fingerprint density at radius 2 is 1.81 bits per heavy atom. The van der Waals surface area contributed by atoms with Crippen LogP contribution in [-0.2, 0) is 7.05 Å². The predicted octanol–water partition coefficient (Wildman–Crippen LogP) is 4.08. The average Bonchev–Trinajstić information content (AvgIpc) is 2.76. The van der Waals surface area contributed by atoms with Crippen LogP contribution in [0, 0.1) is 9.39 Å². The second-order valence-corrected chi connectivity index (χ2v) is 6.00. The number of benzene rings is 2. The number of halogens is 2. The molecule has 0 spiro atoms. The number of aromatic nitrogens is 2. The van der Waals surface area contributed by atoms with Gasteiger partial charge in [-0.3, -0.25) is 4.68 Å². The van der Waals surface area contributed by atoms with Crippen molar-refractivity contribution in [1.29, 1.82) is 0 Å². The van der Waals surface area contributed by atoms with Crippen molar-refractivity contribution in [3.63, 3.8) is 0 Å². The number of anilines is 1. The van der Waals surface area contributed by atoms with E-state index in [1.165, 1.54) is 12.1 Å². The van der Waals surface area contributed by atoms with Gasteiger partial charge < -0.3 is 5.73 Å². The second-order valence-electron chi connectivity index (χ2n) is 4.75. The first-order valence-electron chi connectivity index (χ1n) is 6.40. The molecule has 3 nitrogen and oxygen atoms in total. The Morgan fingerprint density at radius 3 is 2.48 bits per heavy atom. The molecular formula is C16H13FIN3. The molecule has 0 radical (unpaired) electrons. The highest BCUT2D eigenvalue weighted by molar-refractivity contribution is 14.1. The van der Waals surface area contributed by atoms with E-state index in [0.717, 1.165) is 26.0 Å². The second kappa shape index (κ2) is 5.48. The Bertz CT molecular complexity index is 794. The zero-order valence-electron chi connectivity index (χ0n) is 11.3. The molecule has 2 N–H and O–H groups in total. The molecule has 0 fully saturated rings. The maximum absolute atomic E-state index is 13.5. The van der Waals surface area contributed by atoms with Gasteiger partial charge in [-0.1, -0.05) is 24.3 Å². The lowest BCUT2D eigenvalue weighted by Gasteiger charge is -2.05. The summed E-state index contributed by atoms with van der Waals surface area (Å²) < 4.78 is 16.3. The maximum Gasteiger partial charge on any atom is 0.129 e. The van der Waals surface area contributed by atoms with E-state index in [1.54, 1.807) is 17.8 Å². The van der Waals surface area contributed by atoms with Crippen molar-refractivity contribution < 1.29 is 4.39 Å². The SMILES string of the molecule is Cn1nc(-c2ccc(I)cc2)c(-c2cccc(F)c2)c1N. The lowest BCUT2D eigenvalue weighted by atomic mass is 10.0. The molecule has 3 aromatic rings. The van der Waals surface area contributed by atoms with Crippen molar-refractivity contribution >= 4 is 28.4 Å². The molecule has 0 unspecified atom stereocenters. The average molecular weight is 393 g/mol. The van der Waals surface area contributed by atoms with Crippen LogP contribution < -0.4 is 5.73 Å². The number of nitrogen functional groups attached to an aromatic ring is 1. The van der Waals surface area contributed by atoms with Crippen molar-refractivity contribution in [3.05, 3.63) is 57.9 Å². The van der Waals surface area contributed by atoms with Crippen molar-refractivity contribution in [2.45, 2.75) is 0 Å². The smallest absolute Gasteiger partial charge is 0.129 e. The number of hydrogen-bond donors (Lipinski definition) is 1. The lowest BCUT2D eigenvalue weighted by molar-refractivity contribution is 0.628. The van der Waals surface area contributed by atoms with Gasteiger partial charge >= 0.3 is 0 Å². The fourth-order valence-corrected chi connectivity index (χ4v) is 2.63. The number of rotatable bonds is 2. The molecular weight excluding hydrogens is 380 g/mol. The number of hydrogen-bond acceptors (Lipinski definition) is 2. The van der Waals surface area contributed by atoms with Crippen molar-refractivity contribution in [3.8, 4) is 22.4 Å². The minimum absolute atomic E-state index is 0.288. The topological polar surface area (TPSA) is 43.8 Å². The summed E-state index contributed by atoms with van der Waals surface area (Å²) in [4.78, 5) is 0. The fraction of sp³-hybridized carbons (Fsp3) is 0.0625. The molecule has 3 rings (SSSR count). The van der Waals surface area contributed by atoms with E-state index >= 15 is 0 Å². The Morgan fingerprint density at radius 1 is 1.10 bits per heavy atom. The summed E-state index contributed by atoms with van der Waals surface area (Å²) in [5.74, 6) is 0.235. The van der Waals surface area contributed by atoms with E-state index in [1.807, 2.05) is 30.3 Å². The molecule has 0 aliphatic heterocycles. The van der Waals surface area contributed by atoms with E-state index in [9.17, 15) is 4.39 Å². The summed E-state index contributed by atoms with van der Waals surface area (Å²) in [6.45, 7) is 0. The number of nitrogens with two attached hydrogens (primary N) is 1. The van der Waals surface area contributed by atoms with E-state index in [-0.39, 0.29) is 5.82 Å². The van der Waals surface area contributed by atoms with Crippen LogP contribution in [0.1, 0.15) is 0 Å². The molecule has 0 aliphatic rings. The Balaban J connectivity index is 2.23. The molecule has 0 saturated carbocycles. The van der Waals surface area contributed by atoms with E-state index in [4.69, 9.17) is 5.73 Å². The van der Waals surface area contributed by atoms with Gasteiger partial charge in [-0.05, 0) is 52.4 Å². The molecule has 106 valence electrons. The summed E-state index contributed by atoms with van der Waals surface area (Å²) in [6.07, 6.45) is 0. The van der Waals surface area contributed by atoms with Crippen LogP contribution in [0.2, 0.25) is 0 Å². The summed E-state index contributed by atoms with van der Waals surface area (Å²) in [7, 11) is 1.79.